The van der Waals surface area contributed by atoms with Gasteiger partial charge in [0.1, 0.15) is 12.2 Å². The molecule has 0 radical (unpaired) electrons. The lowest BCUT2D eigenvalue weighted by Gasteiger charge is -2.22. The van der Waals surface area contributed by atoms with E-state index >= 15 is 0 Å². The van der Waals surface area contributed by atoms with Crippen molar-refractivity contribution >= 4 is 17.6 Å². The highest BCUT2D eigenvalue weighted by Crippen LogP contribution is 2.20. The zero-order valence-corrected chi connectivity index (χ0v) is 11.7. The minimum absolute atomic E-state index is 0.110. The van der Waals surface area contributed by atoms with Crippen LogP contribution in [0.1, 0.15) is 12.8 Å². The van der Waals surface area contributed by atoms with Gasteiger partial charge in [-0.25, -0.2) is 4.79 Å². The molecule has 120 valence electrons. The Balaban J connectivity index is 1.77. The smallest absolute Gasteiger partial charge is 0.335 e. The van der Waals surface area contributed by atoms with Crippen molar-refractivity contribution < 1.29 is 29.6 Å². The van der Waals surface area contributed by atoms with Crippen molar-refractivity contribution in [2.75, 3.05) is 5.43 Å². The van der Waals surface area contributed by atoms with E-state index in [9.17, 15) is 24.9 Å². The molecule has 2 rings (SSSR count). The molecule has 0 bridgehead atoms. The number of para-hydroxylation sites is 1. The average molecular weight is 310 g/mol. The number of rotatable bonds is 6. The summed E-state index contributed by atoms with van der Waals surface area (Å²) >= 11 is 0. The maximum atomic E-state index is 11.7. The molecule has 0 aromatic heterocycles. The van der Waals surface area contributed by atoms with Crippen molar-refractivity contribution in [2.24, 2.45) is 0 Å². The summed E-state index contributed by atoms with van der Waals surface area (Å²) in [6.45, 7) is 0. The SMILES string of the molecule is O=C(CC(O)C(O)[C@H]1CC(O)C(=O)O1)NNc1ccccc1. The predicted molar refractivity (Wildman–Crippen MR) is 75.3 cm³/mol. The van der Waals surface area contributed by atoms with Gasteiger partial charge in [0.15, 0.2) is 6.10 Å². The van der Waals surface area contributed by atoms with Gasteiger partial charge in [0.2, 0.25) is 5.91 Å². The number of aliphatic hydroxyl groups is 3. The Bertz CT molecular complexity index is 523. The fourth-order valence-electron chi connectivity index (χ4n) is 2.07. The first-order valence-corrected chi connectivity index (χ1v) is 6.82. The Labute approximate surface area is 126 Å². The second-order valence-corrected chi connectivity index (χ2v) is 5.03. The van der Waals surface area contributed by atoms with Crippen molar-refractivity contribution in [1.82, 2.24) is 5.43 Å². The van der Waals surface area contributed by atoms with E-state index in [1.54, 1.807) is 24.3 Å². The Kier molecular flexibility index (Phi) is 5.31. The molecule has 3 unspecified atom stereocenters. The van der Waals surface area contributed by atoms with Gasteiger partial charge in [-0.2, -0.15) is 0 Å². The number of benzene rings is 1. The first-order valence-electron chi connectivity index (χ1n) is 6.82. The van der Waals surface area contributed by atoms with Gasteiger partial charge in [0, 0.05) is 6.42 Å². The number of cyclic esters (lactones) is 1. The van der Waals surface area contributed by atoms with Crippen LogP contribution in [-0.2, 0) is 14.3 Å². The number of anilines is 1. The van der Waals surface area contributed by atoms with E-state index in [0.717, 1.165) is 0 Å². The van der Waals surface area contributed by atoms with Crippen LogP contribution in [0, 0.1) is 0 Å². The highest BCUT2D eigenvalue weighted by molar-refractivity contribution is 5.78. The number of carbonyl (C=O) groups excluding carboxylic acids is 2. The molecule has 5 N–H and O–H groups in total. The van der Waals surface area contributed by atoms with Crippen LogP contribution >= 0.6 is 0 Å². The van der Waals surface area contributed by atoms with Crippen molar-refractivity contribution in [3.05, 3.63) is 30.3 Å². The summed E-state index contributed by atoms with van der Waals surface area (Å²) in [7, 11) is 0. The number of carbonyl (C=O) groups is 2. The summed E-state index contributed by atoms with van der Waals surface area (Å²) in [4.78, 5) is 22.7. The molecule has 1 amide bonds. The van der Waals surface area contributed by atoms with E-state index in [0.29, 0.717) is 5.69 Å². The van der Waals surface area contributed by atoms with Crippen LogP contribution in [0.25, 0.3) is 0 Å². The van der Waals surface area contributed by atoms with Crippen molar-refractivity contribution in [3.8, 4) is 0 Å². The fraction of sp³-hybridized carbons (Fsp3) is 0.429. The molecule has 1 fully saturated rings. The largest absolute Gasteiger partial charge is 0.457 e. The first kappa shape index (κ1) is 16.2. The summed E-state index contributed by atoms with van der Waals surface area (Å²) in [6, 6.07) is 8.87. The summed E-state index contributed by atoms with van der Waals surface area (Å²) in [6.07, 6.45) is -5.68. The van der Waals surface area contributed by atoms with E-state index in [-0.39, 0.29) is 12.8 Å². The van der Waals surface area contributed by atoms with E-state index in [2.05, 4.69) is 10.9 Å². The molecule has 1 saturated heterocycles. The van der Waals surface area contributed by atoms with E-state index < -0.39 is 36.3 Å². The Morgan fingerprint density at radius 3 is 2.59 bits per heavy atom. The quantitative estimate of drug-likeness (QED) is 0.334. The van der Waals surface area contributed by atoms with Crippen LogP contribution in [0.15, 0.2) is 30.3 Å². The van der Waals surface area contributed by atoms with E-state index in [1.807, 2.05) is 6.07 Å². The summed E-state index contributed by atoms with van der Waals surface area (Å²) in [5.41, 5.74) is 5.70. The molecule has 1 heterocycles. The minimum Gasteiger partial charge on any atom is -0.457 e. The minimum atomic E-state index is -1.44. The lowest BCUT2D eigenvalue weighted by atomic mass is 10.0. The Hall–Kier alpha value is -2.16. The number of hydrogen-bond acceptors (Lipinski definition) is 7. The van der Waals surface area contributed by atoms with Crippen LogP contribution in [0.3, 0.4) is 0 Å². The van der Waals surface area contributed by atoms with Crippen LogP contribution < -0.4 is 10.9 Å². The third-order valence-corrected chi connectivity index (χ3v) is 3.28. The zero-order valence-electron chi connectivity index (χ0n) is 11.7. The lowest BCUT2D eigenvalue weighted by Crippen LogP contribution is -2.41. The first-order chi connectivity index (χ1) is 10.5. The average Bonchev–Trinajstić information content (AvgIpc) is 2.85. The molecule has 1 aliphatic rings. The van der Waals surface area contributed by atoms with Gasteiger partial charge >= 0.3 is 5.97 Å². The highest BCUT2D eigenvalue weighted by Gasteiger charge is 2.40. The molecule has 22 heavy (non-hydrogen) atoms. The molecule has 0 aliphatic carbocycles. The van der Waals surface area contributed by atoms with Gasteiger partial charge in [-0.1, -0.05) is 18.2 Å². The van der Waals surface area contributed by atoms with Gasteiger partial charge in [0.05, 0.1) is 18.2 Å². The van der Waals surface area contributed by atoms with Crippen LogP contribution in [0.4, 0.5) is 5.69 Å². The molecule has 4 atom stereocenters. The van der Waals surface area contributed by atoms with Crippen molar-refractivity contribution in [1.29, 1.82) is 0 Å². The van der Waals surface area contributed by atoms with Crippen molar-refractivity contribution in [3.63, 3.8) is 0 Å². The van der Waals surface area contributed by atoms with Gasteiger partial charge in [0.25, 0.3) is 0 Å². The molecule has 1 aromatic rings. The topological polar surface area (TPSA) is 128 Å². The standard InChI is InChI=1S/C14H18N2O6/c17-9(13(20)11-6-10(18)14(21)22-11)7-12(19)16-15-8-4-2-1-3-5-8/h1-5,9-11,13,15,17-18,20H,6-7H2,(H,16,19)/t9?,10?,11-,13?/m1/s1. The molecule has 8 heteroatoms. The van der Waals surface area contributed by atoms with Crippen LogP contribution in [0.2, 0.25) is 0 Å². The third-order valence-electron chi connectivity index (χ3n) is 3.28. The van der Waals surface area contributed by atoms with Crippen LogP contribution in [0.5, 0.6) is 0 Å². The second kappa shape index (κ2) is 7.21. The summed E-state index contributed by atoms with van der Waals surface area (Å²) in [5, 5.41) is 28.9. The second-order valence-electron chi connectivity index (χ2n) is 5.03. The number of ether oxygens (including phenoxy) is 1. The number of nitrogens with one attached hydrogen (secondary N) is 2. The number of aliphatic hydroxyl groups excluding tert-OH is 3. The molecule has 1 aromatic carbocycles. The summed E-state index contributed by atoms with van der Waals surface area (Å²) < 4.78 is 4.72. The van der Waals surface area contributed by atoms with Crippen LogP contribution in [-0.4, -0.2) is 51.6 Å². The van der Waals surface area contributed by atoms with Gasteiger partial charge < -0.3 is 20.1 Å². The summed E-state index contributed by atoms with van der Waals surface area (Å²) in [5.74, 6) is -1.38. The number of hydrazine groups is 1. The monoisotopic (exact) mass is 310 g/mol. The highest BCUT2D eigenvalue weighted by atomic mass is 16.6. The molecule has 8 nitrogen and oxygen atoms in total. The number of amides is 1. The molecule has 1 aliphatic heterocycles. The van der Waals surface area contributed by atoms with Gasteiger partial charge in [-0.05, 0) is 12.1 Å². The van der Waals surface area contributed by atoms with E-state index in [1.165, 1.54) is 0 Å². The normalized spacial score (nSPS) is 23.5. The maximum Gasteiger partial charge on any atom is 0.335 e. The Morgan fingerprint density at radius 2 is 2.00 bits per heavy atom. The number of esters is 1. The number of hydrogen-bond donors (Lipinski definition) is 5. The third kappa shape index (κ3) is 4.17. The van der Waals surface area contributed by atoms with Gasteiger partial charge in [-0.15, -0.1) is 0 Å². The molecular formula is C14H18N2O6. The predicted octanol–water partition coefficient (Wildman–Crippen LogP) is -1.08. The molecule has 0 saturated carbocycles. The molecule has 0 spiro atoms. The lowest BCUT2D eigenvalue weighted by molar-refractivity contribution is -0.153. The Morgan fingerprint density at radius 1 is 1.32 bits per heavy atom. The fourth-order valence-corrected chi connectivity index (χ4v) is 2.07. The maximum absolute atomic E-state index is 11.7. The van der Waals surface area contributed by atoms with E-state index in [4.69, 9.17) is 4.74 Å². The zero-order chi connectivity index (χ0) is 16.1. The van der Waals surface area contributed by atoms with Crippen molar-refractivity contribution in [2.45, 2.75) is 37.3 Å². The molecular weight excluding hydrogens is 292 g/mol. The van der Waals surface area contributed by atoms with Gasteiger partial charge in [-0.3, -0.25) is 15.6 Å².